The monoisotopic (exact) mass is 1350 g/mol. The maximum absolute atomic E-state index is 14.7. The second-order valence-electron chi connectivity index (χ2n) is 27.8. The quantitative estimate of drug-likeness (QED) is 0.0633. The molecule has 0 saturated carbocycles. The van der Waals surface area contributed by atoms with Crippen LogP contribution < -0.4 is 0 Å². The van der Waals surface area contributed by atoms with Crippen molar-refractivity contribution in [2.24, 2.45) is 0 Å². The fourth-order valence-corrected chi connectivity index (χ4v) is 18.4. The van der Waals surface area contributed by atoms with E-state index < -0.39 is 0 Å². The van der Waals surface area contributed by atoms with Crippen LogP contribution in [0.5, 0.6) is 0 Å². The third kappa shape index (κ3) is 10.9. The Morgan fingerprint density at radius 2 is 0.500 bits per heavy atom. The number of aryl methyl sites for hydroxylation is 8. The highest BCUT2D eigenvalue weighted by Gasteiger charge is 2.34. The van der Waals surface area contributed by atoms with Gasteiger partial charge in [0.15, 0.2) is 11.6 Å². The Hall–Kier alpha value is -9.80. The zero-order chi connectivity index (χ0) is 71.7. The van der Waals surface area contributed by atoms with Crippen molar-refractivity contribution < 1.29 is 9.59 Å². The number of aromatic nitrogens is 8. The molecule has 0 radical (unpaired) electrons. The highest BCUT2D eigenvalue weighted by Crippen LogP contribution is 2.49. The van der Waals surface area contributed by atoms with Gasteiger partial charge in [0.1, 0.15) is 0 Å². The lowest BCUT2D eigenvalue weighted by Crippen LogP contribution is -2.20. The first-order valence-corrected chi connectivity index (χ1v) is 38.7. The first-order valence-electron chi connectivity index (χ1n) is 38.7. The van der Waals surface area contributed by atoms with E-state index in [9.17, 15) is 9.59 Å². The van der Waals surface area contributed by atoms with E-state index in [0.717, 1.165) is 226 Å². The van der Waals surface area contributed by atoms with Crippen LogP contribution in [0.2, 0.25) is 0 Å². The molecule has 5 aliphatic rings. The van der Waals surface area contributed by atoms with E-state index in [-0.39, 0.29) is 11.6 Å². The van der Waals surface area contributed by atoms with Crippen LogP contribution in [0, 0.1) is 0 Å². The molecule has 9 aromatic rings. The van der Waals surface area contributed by atoms with Gasteiger partial charge in [-0.25, -0.2) is 19.9 Å². The average molecular weight is 1350 g/mol. The predicted octanol–water partition coefficient (Wildman–Crippen LogP) is 24.1. The molecule has 102 heavy (non-hydrogen) atoms. The van der Waals surface area contributed by atoms with Crippen molar-refractivity contribution in [2.75, 3.05) is 0 Å². The van der Waals surface area contributed by atoms with Gasteiger partial charge in [-0.1, -0.05) is 165 Å². The molecule has 0 unspecified atom stereocenters. The smallest absolute Gasteiger partial charge is 0.194 e. The van der Waals surface area contributed by atoms with Crippen LogP contribution in [0.1, 0.15) is 284 Å². The second kappa shape index (κ2) is 28.2. The van der Waals surface area contributed by atoms with Crippen molar-refractivity contribution in [2.45, 2.75) is 214 Å². The first kappa shape index (κ1) is 69.3. The zero-order valence-corrected chi connectivity index (χ0v) is 63.2. The molecule has 10 heterocycles. The fourth-order valence-electron chi connectivity index (χ4n) is 18.4. The van der Waals surface area contributed by atoms with Crippen molar-refractivity contribution in [1.29, 1.82) is 0 Å². The number of H-pyrrole nitrogens is 4. The summed E-state index contributed by atoms with van der Waals surface area (Å²) in [6.07, 6.45) is 13.2. The van der Waals surface area contributed by atoms with Gasteiger partial charge in [-0.15, -0.1) is 0 Å². The van der Waals surface area contributed by atoms with Crippen LogP contribution in [0.3, 0.4) is 0 Å². The van der Waals surface area contributed by atoms with Gasteiger partial charge in [-0.2, -0.15) is 0 Å². The van der Waals surface area contributed by atoms with Crippen molar-refractivity contribution in [1.82, 2.24) is 39.9 Å². The molecule has 6 aromatic heterocycles. The molecule has 0 atom stereocenters. The average Bonchev–Trinajstić information content (AvgIpc) is 1.46. The van der Waals surface area contributed by atoms with Gasteiger partial charge in [0.2, 0.25) is 0 Å². The van der Waals surface area contributed by atoms with E-state index in [1.54, 1.807) is 12.1 Å². The predicted molar refractivity (Wildman–Crippen MR) is 430 cm³/mol. The van der Waals surface area contributed by atoms with Crippen LogP contribution >= 0.6 is 0 Å². The van der Waals surface area contributed by atoms with Crippen LogP contribution in [-0.2, 0) is 51.4 Å². The summed E-state index contributed by atoms with van der Waals surface area (Å²) in [5.41, 5.74) is 44.9. The number of rotatable bonds is 19. The van der Waals surface area contributed by atoms with E-state index in [4.69, 9.17) is 19.9 Å². The van der Waals surface area contributed by atoms with Gasteiger partial charge in [0, 0.05) is 66.5 Å². The van der Waals surface area contributed by atoms with Crippen LogP contribution in [0.25, 0.3) is 122 Å². The largest absolute Gasteiger partial charge is 0.355 e. The molecule has 10 heteroatoms. The van der Waals surface area contributed by atoms with E-state index in [2.05, 4.69) is 185 Å². The Bertz CT molecular complexity index is 5500. The summed E-state index contributed by atoms with van der Waals surface area (Å²) in [4.78, 5) is 68.7. The maximum Gasteiger partial charge on any atom is 0.194 e. The third-order valence-electron chi connectivity index (χ3n) is 23.0. The van der Waals surface area contributed by atoms with Gasteiger partial charge in [0.05, 0.1) is 62.1 Å². The lowest BCUT2D eigenvalue weighted by atomic mass is 9.82. The lowest BCUT2D eigenvalue weighted by molar-refractivity contribution is 0.0979. The molecular formula is C92H100N8O2. The van der Waals surface area contributed by atoms with Gasteiger partial charge >= 0.3 is 0 Å². The summed E-state index contributed by atoms with van der Waals surface area (Å²) in [5, 5.41) is 0. The molecule has 0 amide bonds. The number of aromatic amines is 4. The highest BCUT2D eigenvalue weighted by molar-refractivity contribution is 6.29. The van der Waals surface area contributed by atoms with Gasteiger partial charge in [-0.05, 0) is 251 Å². The summed E-state index contributed by atoms with van der Waals surface area (Å²) in [6.45, 7) is 36.5. The van der Waals surface area contributed by atoms with Gasteiger partial charge in [-0.3, -0.25) is 9.59 Å². The third-order valence-corrected chi connectivity index (χ3v) is 23.0. The van der Waals surface area contributed by atoms with Crippen molar-refractivity contribution in [3.8, 4) is 33.4 Å². The number of ketones is 2. The van der Waals surface area contributed by atoms with Crippen LogP contribution in [-0.4, -0.2) is 51.4 Å². The molecule has 4 N–H and O–H groups in total. The molecular weight excluding hydrogens is 1250 g/mol. The van der Waals surface area contributed by atoms with Crippen molar-refractivity contribution in [3.63, 3.8) is 0 Å². The van der Waals surface area contributed by atoms with E-state index in [0.29, 0.717) is 22.3 Å². The van der Waals surface area contributed by atoms with Gasteiger partial charge in [0.25, 0.3) is 0 Å². The molecule has 10 nitrogen and oxygen atoms in total. The number of nitrogens with one attached hydrogen (secondary N) is 4. The van der Waals surface area contributed by atoms with Crippen molar-refractivity contribution in [3.05, 3.63) is 209 Å². The Morgan fingerprint density at radius 1 is 0.245 bits per heavy atom. The number of fused-ring (bicyclic) bond motifs is 18. The van der Waals surface area contributed by atoms with Crippen LogP contribution in [0.4, 0.5) is 0 Å². The number of carbonyl (C=O) groups excluding carboxylic acids is 2. The normalized spacial score (nSPS) is 13.8. The summed E-state index contributed by atoms with van der Waals surface area (Å²) < 4.78 is 0. The number of allylic oxidation sites excluding steroid dienone is 8. The SMILES string of the molecule is CCC1=C(CC)c2cc3[nH]c(c(CC)c3CC)c(-c3ccc(-c4c5nc(cc6[nH]c(c(CC)c6CC)c(-c6ccc7c(c6)C(=O)c6ccccc6C7=O)c6nc(cc7[nH]c4c(CC)c7CC)C(CC)=C6CC)C(CC)=C5CC)cc3)c3nc(cc4[nH]c(cc1n2)c(CC)c4CC)C(CC)=C3CC. The Balaban J connectivity index is 1.09. The second-order valence-corrected chi connectivity index (χ2v) is 27.8. The summed E-state index contributed by atoms with van der Waals surface area (Å²) in [5.74, 6) is -0.272. The maximum atomic E-state index is 14.7. The highest BCUT2D eigenvalue weighted by atomic mass is 16.1. The topological polar surface area (TPSA) is 149 Å². The first-order chi connectivity index (χ1) is 49.7. The minimum absolute atomic E-state index is 0.131. The molecule has 4 aliphatic heterocycles. The lowest BCUT2D eigenvalue weighted by Gasteiger charge is -2.19. The van der Waals surface area contributed by atoms with E-state index in [1.807, 2.05) is 30.3 Å². The minimum atomic E-state index is -0.141. The summed E-state index contributed by atoms with van der Waals surface area (Å²) in [6, 6.07) is 34.3. The molecule has 0 saturated heterocycles. The Labute approximate surface area is 602 Å². The molecule has 520 valence electrons. The van der Waals surface area contributed by atoms with Gasteiger partial charge < -0.3 is 19.9 Å². The number of hydrogen-bond acceptors (Lipinski definition) is 6. The molecule has 0 fully saturated rings. The molecule has 1 aliphatic carbocycles. The van der Waals surface area contributed by atoms with Crippen LogP contribution in [0.15, 0.2) is 97.1 Å². The standard InChI is InChI=1S/C92H100N8O2/c1-17-52-54(19-3)74-45-76-56(21-5)62(27-11)85(95-76)82(86-63(28-12)57(22-6)77(96-86)46-75-55(20-4)53(18-2)73(94-75)44-72(52)93-74)49-37-39-50(40-38-49)83-87-64(29-13)58(23-7)78(97-87)47-80-60(25-9)66(31-15)89(99-80)84(51-41-42-70-71(43-51)92(102)69-36-34-33-35-68(69)91(70)101)90-67(32-16)61(26-10)81(100-90)48-79-59(24-8)65(30-14)88(83)98-79/h33-48,93,96-97,100H,17-32H2,1-16H3. The Morgan fingerprint density at radius 3 is 0.814 bits per heavy atom. The molecule has 14 rings (SSSR count). The minimum Gasteiger partial charge on any atom is -0.355 e. The fraction of sp³-hybridized carbons (Fsp3) is 0.348. The number of benzene rings is 3. The number of carbonyl (C=O) groups is 2. The molecule has 16 bridgehead atoms. The van der Waals surface area contributed by atoms with E-state index in [1.165, 1.54) is 89.1 Å². The van der Waals surface area contributed by atoms with Crippen molar-refractivity contribution >= 4 is 100 Å². The summed E-state index contributed by atoms with van der Waals surface area (Å²) in [7, 11) is 0. The molecule has 0 spiro atoms. The Kier molecular flexibility index (Phi) is 19.2. The molecule has 3 aromatic carbocycles. The number of hydrogen-bond donors (Lipinski definition) is 4. The van der Waals surface area contributed by atoms with E-state index >= 15 is 0 Å². The number of nitrogens with zero attached hydrogens (tertiary/aromatic N) is 4. The summed E-state index contributed by atoms with van der Waals surface area (Å²) >= 11 is 0. The zero-order valence-electron chi connectivity index (χ0n) is 63.2.